The minimum Gasteiger partial charge on any atom is -0.390 e. The van der Waals surface area contributed by atoms with Crippen molar-refractivity contribution in [2.75, 3.05) is 27.2 Å². The lowest BCUT2D eigenvalue weighted by Crippen LogP contribution is -2.37. The summed E-state index contributed by atoms with van der Waals surface area (Å²) in [6, 6.07) is 5.29. The van der Waals surface area contributed by atoms with Gasteiger partial charge in [-0.1, -0.05) is 6.07 Å². The summed E-state index contributed by atoms with van der Waals surface area (Å²) in [6.45, 7) is 0.449. The van der Waals surface area contributed by atoms with Crippen LogP contribution in [0.15, 0.2) is 23.1 Å². The third kappa shape index (κ3) is 3.79. The number of nitrogens with one attached hydrogen (secondary N) is 1. The fraction of sp³-hybridized carbons (Fsp3) is 0.571. The Bertz CT molecular complexity index is 570. The van der Waals surface area contributed by atoms with Crippen LogP contribution in [0, 0.1) is 0 Å². The Morgan fingerprint density at radius 3 is 2.70 bits per heavy atom. The molecule has 1 aliphatic carbocycles. The molecular formula is C14H22N2O3S. The molecule has 2 rings (SSSR count). The second kappa shape index (κ2) is 6.22. The van der Waals surface area contributed by atoms with E-state index in [1.807, 2.05) is 25.1 Å². The summed E-state index contributed by atoms with van der Waals surface area (Å²) in [5.74, 6) is 0. The van der Waals surface area contributed by atoms with Gasteiger partial charge in [-0.2, -0.15) is 0 Å². The Morgan fingerprint density at radius 1 is 1.30 bits per heavy atom. The van der Waals surface area contributed by atoms with Crippen LogP contribution in [0.1, 0.15) is 17.5 Å². The third-order valence-electron chi connectivity index (χ3n) is 3.47. The van der Waals surface area contributed by atoms with Gasteiger partial charge in [0.25, 0.3) is 0 Å². The first kappa shape index (κ1) is 15.4. The Labute approximate surface area is 120 Å². The number of aryl methyl sites for hydroxylation is 2. The van der Waals surface area contributed by atoms with Crippen LogP contribution >= 0.6 is 0 Å². The molecule has 0 saturated carbocycles. The number of nitrogens with zero attached hydrogens (tertiary/aromatic N) is 1. The average molecular weight is 298 g/mol. The summed E-state index contributed by atoms with van der Waals surface area (Å²) in [7, 11) is 0.122. The standard InChI is InChI=1S/C14H22N2O3S/c1-16(2)10-13(17)9-15-20(18,19)14-7-6-11-4-3-5-12(11)8-14/h6-8,13,15,17H,3-5,9-10H2,1-2H3/t13-/m1/s1. The Kier molecular flexibility index (Phi) is 4.80. The van der Waals surface area contributed by atoms with Crippen molar-refractivity contribution in [2.24, 2.45) is 0 Å². The Morgan fingerprint density at radius 2 is 2.00 bits per heavy atom. The molecular weight excluding hydrogens is 276 g/mol. The zero-order chi connectivity index (χ0) is 14.8. The lowest BCUT2D eigenvalue weighted by molar-refractivity contribution is 0.140. The molecule has 6 heteroatoms. The summed E-state index contributed by atoms with van der Waals surface area (Å²) in [5, 5.41) is 9.72. The molecule has 5 nitrogen and oxygen atoms in total. The van der Waals surface area contributed by atoms with E-state index < -0.39 is 16.1 Å². The van der Waals surface area contributed by atoms with Gasteiger partial charge in [0.1, 0.15) is 0 Å². The monoisotopic (exact) mass is 298 g/mol. The van der Waals surface area contributed by atoms with Gasteiger partial charge in [0, 0.05) is 13.1 Å². The fourth-order valence-corrected chi connectivity index (χ4v) is 3.61. The van der Waals surface area contributed by atoms with Crippen LogP contribution in [0.25, 0.3) is 0 Å². The van der Waals surface area contributed by atoms with Gasteiger partial charge in [-0.3, -0.25) is 0 Å². The van der Waals surface area contributed by atoms with Crippen LogP contribution in [-0.4, -0.2) is 51.7 Å². The first-order valence-electron chi connectivity index (χ1n) is 6.83. The van der Waals surface area contributed by atoms with E-state index in [1.165, 1.54) is 5.56 Å². The van der Waals surface area contributed by atoms with Crippen molar-refractivity contribution in [1.82, 2.24) is 9.62 Å². The highest BCUT2D eigenvalue weighted by atomic mass is 32.2. The van der Waals surface area contributed by atoms with Crippen molar-refractivity contribution < 1.29 is 13.5 Å². The molecule has 112 valence electrons. The minimum absolute atomic E-state index is 0.0254. The predicted molar refractivity (Wildman–Crippen MR) is 78.2 cm³/mol. The average Bonchev–Trinajstić information content (AvgIpc) is 2.83. The van der Waals surface area contributed by atoms with E-state index in [0.29, 0.717) is 6.54 Å². The van der Waals surface area contributed by atoms with Gasteiger partial charge in [-0.15, -0.1) is 0 Å². The van der Waals surface area contributed by atoms with Crippen LogP contribution in [0.3, 0.4) is 0 Å². The normalized spacial score (nSPS) is 16.4. The van der Waals surface area contributed by atoms with Crippen molar-refractivity contribution >= 4 is 10.0 Å². The van der Waals surface area contributed by atoms with E-state index in [-0.39, 0.29) is 11.4 Å². The van der Waals surface area contributed by atoms with Crippen LogP contribution < -0.4 is 4.72 Å². The number of likely N-dealkylation sites (N-methyl/N-ethyl adjacent to an activating group) is 1. The number of benzene rings is 1. The maximum Gasteiger partial charge on any atom is 0.240 e. The first-order valence-corrected chi connectivity index (χ1v) is 8.31. The van der Waals surface area contributed by atoms with E-state index in [1.54, 1.807) is 12.1 Å². The van der Waals surface area contributed by atoms with Gasteiger partial charge >= 0.3 is 0 Å². The smallest absolute Gasteiger partial charge is 0.240 e. The molecule has 0 saturated heterocycles. The molecule has 1 aromatic rings. The van der Waals surface area contributed by atoms with Gasteiger partial charge in [0.15, 0.2) is 0 Å². The molecule has 0 unspecified atom stereocenters. The zero-order valence-electron chi connectivity index (χ0n) is 12.0. The van der Waals surface area contributed by atoms with Crippen molar-refractivity contribution in [3.63, 3.8) is 0 Å². The largest absolute Gasteiger partial charge is 0.390 e. The van der Waals surface area contributed by atoms with E-state index in [9.17, 15) is 13.5 Å². The van der Waals surface area contributed by atoms with Crippen LogP contribution in [0.4, 0.5) is 0 Å². The fourth-order valence-electron chi connectivity index (χ4n) is 2.49. The Hall–Kier alpha value is -0.950. The number of fused-ring (bicyclic) bond motifs is 1. The highest BCUT2D eigenvalue weighted by Gasteiger charge is 2.19. The number of aliphatic hydroxyl groups is 1. The summed E-state index contributed by atoms with van der Waals surface area (Å²) in [4.78, 5) is 2.10. The molecule has 1 aliphatic rings. The third-order valence-corrected chi connectivity index (χ3v) is 4.89. The van der Waals surface area contributed by atoms with Gasteiger partial charge in [0.2, 0.25) is 10.0 Å². The molecule has 1 aromatic carbocycles. The van der Waals surface area contributed by atoms with Gasteiger partial charge < -0.3 is 10.0 Å². The summed E-state index contributed by atoms with van der Waals surface area (Å²) in [5.41, 5.74) is 2.37. The summed E-state index contributed by atoms with van der Waals surface area (Å²) < 4.78 is 26.8. The minimum atomic E-state index is -3.54. The van der Waals surface area contributed by atoms with Crippen LogP contribution in [0.5, 0.6) is 0 Å². The molecule has 0 aromatic heterocycles. The number of rotatable bonds is 6. The van der Waals surface area contributed by atoms with E-state index >= 15 is 0 Å². The molecule has 0 aliphatic heterocycles. The van der Waals surface area contributed by atoms with Crippen LogP contribution in [0.2, 0.25) is 0 Å². The highest BCUT2D eigenvalue weighted by molar-refractivity contribution is 7.89. The summed E-state index contributed by atoms with van der Waals surface area (Å²) >= 11 is 0. The van der Waals surface area contributed by atoms with Gasteiger partial charge in [-0.05, 0) is 56.6 Å². The topological polar surface area (TPSA) is 69.6 Å². The molecule has 0 radical (unpaired) electrons. The molecule has 1 atom stereocenters. The molecule has 0 amide bonds. The number of sulfonamides is 1. The van der Waals surface area contributed by atoms with Crippen molar-refractivity contribution in [1.29, 1.82) is 0 Å². The van der Waals surface area contributed by atoms with Gasteiger partial charge in [-0.25, -0.2) is 13.1 Å². The van der Waals surface area contributed by atoms with Crippen molar-refractivity contribution in [3.8, 4) is 0 Å². The first-order chi connectivity index (χ1) is 9.38. The van der Waals surface area contributed by atoms with E-state index in [2.05, 4.69) is 4.72 Å². The molecule has 0 spiro atoms. The second-order valence-electron chi connectivity index (χ2n) is 5.55. The highest BCUT2D eigenvalue weighted by Crippen LogP contribution is 2.24. The number of hydrogen-bond acceptors (Lipinski definition) is 4. The predicted octanol–water partition coefficient (Wildman–Crippen LogP) is 0.376. The lowest BCUT2D eigenvalue weighted by atomic mass is 10.1. The summed E-state index contributed by atoms with van der Waals surface area (Å²) in [6.07, 6.45) is 2.36. The van der Waals surface area contributed by atoms with Crippen molar-refractivity contribution in [3.05, 3.63) is 29.3 Å². The van der Waals surface area contributed by atoms with Gasteiger partial charge in [0.05, 0.1) is 11.0 Å². The number of aliphatic hydroxyl groups excluding tert-OH is 1. The number of hydrogen-bond donors (Lipinski definition) is 2. The molecule has 2 N–H and O–H groups in total. The SMILES string of the molecule is CN(C)C[C@H](O)CNS(=O)(=O)c1ccc2c(c1)CCC2. The second-order valence-corrected chi connectivity index (χ2v) is 7.32. The Balaban J connectivity index is 2.03. The molecule has 0 bridgehead atoms. The quantitative estimate of drug-likeness (QED) is 0.796. The maximum absolute atomic E-state index is 12.2. The van der Waals surface area contributed by atoms with Crippen LogP contribution in [-0.2, 0) is 22.9 Å². The molecule has 0 heterocycles. The van der Waals surface area contributed by atoms with Crippen molar-refractivity contribution in [2.45, 2.75) is 30.3 Å². The van der Waals surface area contributed by atoms with E-state index in [4.69, 9.17) is 0 Å². The zero-order valence-corrected chi connectivity index (χ0v) is 12.8. The lowest BCUT2D eigenvalue weighted by Gasteiger charge is -2.16. The maximum atomic E-state index is 12.2. The molecule has 20 heavy (non-hydrogen) atoms. The molecule has 0 fully saturated rings. The van der Waals surface area contributed by atoms with E-state index in [0.717, 1.165) is 24.8 Å².